The van der Waals surface area contributed by atoms with Crippen molar-refractivity contribution < 1.29 is 13.2 Å². The molecule has 76 valence electrons. The third-order valence-corrected chi connectivity index (χ3v) is 2.92. The Morgan fingerprint density at radius 1 is 1.23 bits per heavy atom. The maximum absolute atomic E-state index is 12.5. The van der Waals surface area contributed by atoms with E-state index >= 15 is 0 Å². The summed E-state index contributed by atoms with van der Waals surface area (Å²) in [7, 11) is 0. The predicted molar refractivity (Wildman–Crippen MR) is 42.4 cm³/mol. The summed E-state index contributed by atoms with van der Waals surface area (Å²) in [5, 5.41) is 2.85. The molecular formula is C8H13F3N2. The van der Waals surface area contributed by atoms with E-state index in [9.17, 15) is 13.2 Å². The Kier molecular flexibility index (Phi) is 2.23. The fraction of sp³-hybridized carbons (Fsp3) is 1.00. The minimum absolute atomic E-state index is 0.0556. The number of hydrogen-bond acceptors (Lipinski definition) is 2. The van der Waals surface area contributed by atoms with E-state index < -0.39 is 12.2 Å². The SMILES string of the molecule is FC(F)(F)C1CNCC2CCCN21. The number of nitrogens with zero attached hydrogens (tertiary/aromatic N) is 1. The van der Waals surface area contributed by atoms with Gasteiger partial charge in [-0.05, 0) is 19.4 Å². The van der Waals surface area contributed by atoms with Crippen LogP contribution in [0.5, 0.6) is 0 Å². The lowest BCUT2D eigenvalue weighted by Gasteiger charge is -2.38. The molecule has 2 atom stereocenters. The molecular weight excluding hydrogens is 181 g/mol. The first-order chi connectivity index (χ1) is 6.09. The number of piperazine rings is 1. The van der Waals surface area contributed by atoms with Crippen molar-refractivity contribution in [2.75, 3.05) is 19.6 Å². The average Bonchev–Trinajstić information content (AvgIpc) is 2.48. The van der Waals surface area contributed by atoms with Crippen LogP contribution in [0.25, 0.3) is 0 Å². The van der Waals surface area contributed by atoms with Crippen molar-refractivity contribution in [3.63, 3.8) is 0 Å². The van der Waals surface area contributed by atoms with Crippen LogP contribution >= 0.6 is 0 Å². The third-order valence-electron chi connectivity index (χ3n) is 2.92. The van der Waals surface area contributed by atoms with Crippen molar-refractivity contribution >= 4 is 0 Å². The molecule has 0 bridgehead atoms. The molecule has 0 saturated carbocycles. The van der Waals surface area contributed by atoms with Gasteiger partial charge in [-0.1, -0.05) is 0 Å². The lowest BCUT2D eigenvalue weighted by Crippen LogP contribution is -2.60. The summed E-state index contributed by atoms with van der Waals surface area (Å²) in [4.78, 5) is 1.61. The monoisotopic (exact) mass is 194 g/mol. The highest BCUT2D eigenvalue weighted by Crippen LogP contribution is 2.31. The van der Waals surface area contributed by atoms with Crippen molar-refractivity contribution in [1.29, 1.82) is 0 Å². The van der Waals surface area contributed by atoms with E-state index in [1.165, 1.54) is 0 Å². The van der Waals surface area contributed by atoms with Gasteiger partial charge in [0, 0.05) is 19.1 Å². The van der Waals surface area contributed by atoms with Gasteiger partial charge in [0.15, 0.2) is 0 Å². The van der Waals surface area contributed by atoms with Gasteiger partial charge in [-0.2, -0.15) is 13.2 Å². The van der Waals surface area contributed by atoms with Gasteiger partial charge in [0.25, 0.3) is 0 Å². The van der Waals surface area contributed by atoms with Gasteiger partial charge in [-0.25, -0.2) is 0 Å². The molecule has 2 nitrogen and oxygen atoms in total. The van der Waals surface area contributed by atoms with Crippen LogP contribution in [0.2, 0.25) is 0 Å². The van der Waals surface area contributed by atoms with Gasteiger partial charge in [0.1, 0.15) is 6.04 Å². The number of rotatable bonds is 0. The largest absolute Gasteiger partial charge is 0.405 e. The Balaban J connectivity index is 2.10. The van der Waals surface area contributed by atoms with Crippen molar-refractivity contribution in [1.82, 2.24) is 10.2 Å². The second kappa shape index (κ2) is 3.13. The molecule has 0 aromatic rings. The Hall–Kier alpha value is -0.290. The van der Waals surface area contributed by atoms with Crippen LogP contribution in [-0.2, 0) is 0 Å². The average molecular weight is 194 g/mol. The molecule has 2 saturated heterocycles. The summed E-state index contributed by atoms with van der Waals surface area (Å²) < 4.78 is 37.5. The molecule has 1 N–H and O–H groups in total. The van der Waals surface area contributed by atoms with E-state index in [0.717, 1.165) is 12.8 Å². The second-order valence-corrected chi connectivity index (χ2v) is 3.75. The van der Waals surface area contributed by atoms with Crippen LogP contribution in [0, 0.1) is 0 Å². The maximum Gasteiger partial charge on any atom is 0.405 e. The number of halogens is 3. The highest BCUT2D eigenvalue weighted by Gasteiger charge is 2.48. The molecule has 0 spiro atoms. The summed E-state index contributed by atoms with van der Waals surface area (Å²) in [6, 6.07) is -1.14. The van der Waals surface area contributed by atoms with E-state index in [4.69, 9.17) is 0 Å². The summed E-state index contributed by atoms with van der Waals surface area (Å²) in [5.74, 6) is 0. The summed E-state index contributed by atoms with van der Waals surface area (Å²) in [6.07, 6.45) is -2.27. The molecule has 0 radical (unpaired) electrons. The van der Waals surface area contributed by atoms with Crippen molar-refractivity contribution in [3.8, 4) is 0 Å². The highest BCUT2D eigenvalue weighted by atomic mass is 19.4. The van der Waals surface area contributed by atoms with Crippen LogP contribution in [0.4, 0.5) is 13.2 Å². The second-order valence-electron chi connectivity index (χ2n) is 3.75. The first-order valence-electron chi connectivity index (χ1n) is 4.62. The zero-order valence-corrected chi connectivity index (χ0v) is 7.27. The van der Waals surface area contributed by atoms with E-state index in [-0.39, 0.29) is 12.6 Å². The molecule has 2 aliphatic rings. The Labute approximate surface area is 75.1 Å². The minimum Gasteiger partial charge on any atom is -0.313 e. The van der Waals surface area contributed by atoms with Crippen molar-refractivity contribution in [2.45, 2.75) is 31.1 Å². The number of nitrogens with one attached hydrogen (secondary N) is 1. The van der Waals surface area contributed by atoms with Crippen molar-refractivity contribution in [3.05, 3.63) is 0 Å². The lowest BCUT2D eigenvalue weighted by atomic mass is 10.1. The zero-order valence-electron chi connectivity index (χ0n) is 7.27. The normalized spacial score (nSPS) is 36.2. The highest BCUT2D eigenvalue weighted by molar-refractivity contribution is 4.94. The smallest absolute Gasteiger partial charge is 0.313 e. The first-order valence-corrected chi connectivity index (χ1v) is 4.62. The van der Waals surface area contributed by atoms with Gasteiger partial charge >= 0.3 is 6.18 Å². The summed E-state index contributed by atoms with van der Waals surface area (Å²) in [6.45, 7) is 1.38. The van der Waals surface area contributed by atoms with Crippen LogP contribution < -0.4 is 5.32 Å². The minimum atomic E-state index is -4.07. The predicted octanol–water partition coefficient (Wildman–Crippen LogP) is 0.985. The molecule has 2 unspecified atom stereocenters. The molecule has 0 aromatic carbocycles. The molecule has 0 amide bonds. The number of fused-ring (bicyclic) bond motifs is 1. The van der Waals surface area contributed by atoms with Crippen LogP contribution in [-0.4, -0.2) is 42.8 Å². The fourth-order valence-electron chi connectivity index (χ4n) is 2.30. The molecule has 2 rings (SSSR count). The summed E-state index contributed by atoms with van der Waals surface area (Å²) >= 11 is 0. The maximum atomic E-state index is 12.5. The van der Waals surface area contributed by atoms with E-state index in [1.54, 1.807) is 4.90 Å². The molecule has 0 aliphatic carbocycles. The van der Waals surface area contributed by atoms with Gasteiger partial charge in [-0.3, -0.25) is 4.90 Å². The number of alkyl halides is 3. The Morgan fingerprint density at radius 2 is 2.00 bits per heavy atom. The lowest BCUT2D eigenvalue weighted by molar-refractivity contribution is -0.189. The van der Waals surface area contributed by atoms with E-state index in [1.807, 2.05) is 0 Å². The topological polar surface area (TPSA) is 15.3 Å². The zero-order chi connectivity index (χ0) is 9.47. The van der Waals surface area contributed by atoms with Crippen LogP contribution in [0.3, 0.4) is 0 Å². The Morgan fingerprint density at radius 3 is 2.69 bits per heavy atom. The van der Waals surface area contributed by atoms with Gasteiger partial charge < -0.3 is 5.32 Å². The third kappa shape index (κ3) is 1.67. The molecule has 13 heavy (non-hydrogen) atoms. The molecule has 2 fully saturated rings. The number of hydrogen-bond donors (Lipinski definition) is 1. The van der Waals surface area contributed by atoms with Crippen molar-refractivity contribution in [2.24, 2.45) is 0 Å². The molecule has 0 aromatic heterocycles. The van der Waals surface area contributed by atoms with Gasteiger partial charge in [-0.15, -0.1) is 0 Å². The van der Waals surface area contributed by atoms with Crippen LogP contribution in [0.1, 0.15) is 12.8 Å². The molecule has 5 heteroatoms. The van der Waals surface area contributed by atoms with Crippen LogP contribution in [0.15, 0.2) is 0 Å². The Bertz CT molecular complexity index is 192. The molecule has 2 aliphatic heterocycles. The van der Waals surface area contributed by atoms with E-state index in [2.05, 4.69) is 5.32 Å². The van der Waals surface area contributed by atoms with Gasteiger partial charge in [0.05, 0.1) is 0 Å². The van der Waals surface area contributed by atoms with E-state index in [0.29, 0.717) is 13.1 Å². The standard InChI is InChI=1S/C8H13F3N2/c9-8(10,11)7-5-12-4-6-2-1-3-13(6)7/h6-7,12H,1-5H2. The summed E-state index contributed by atoms with van der Waals surface area (Å²) in [5.41, 5.74) is 0. The molecule has 2 heterocycles. The fourth-order valence-corrected chi connectivity index (χ4v) is 2.30. The quantitative estimate of drug-likeness (QED) is 0.618. The van der Waals surface area contributed by atoms with Gasteiger partial charge in [0.2, 0.25) is 0 Å². The first kappa shape index (κ1) is 9.27.